The molecule has 0 aliphatic rings. The summed E-state index contributed by atoms with van der Waals surface area (Å²) in [4.78, 5) is 8.48. The largest absolute Gasteiger partial charge is 0.437 e. The first-order valence-electron chi connectivity index (χ1n) is 7.95. The molecule has 0 N–H and O–H groups in total. The van der Waals surface area contributed by atoms with E-state index in [1.165, 1.54) is 12.1 Å². The van der Waals surface area contributed by atoms with E-state index in [9.17, 15) is 4.39 Å². The van der Waals surface area contributed by atoms with Crippen molar-refractivity contribution in [1.82, 2.24) is 14.5 Å². The van der Waals surface area contributed by atoms with Gasteiger partial charge in [0, 0.05) is 29.7 Å². The molecule has 4 aromatic rings. The Labute approximate surface area is 144 Å². The van der Waals surface area contributed by atoms with Crippen LogP contribution in [0.3, 0.4) is 0 Å². The van der Waals surface area contributed by atoms with E-state index in [4.69, 9.17) is 4.42 Å². The smallest absolute Gasteiger partial charge is 0.220 e. The lowest BCUT2D eigenvalue weighted by Crippen LogP contribution is -1.99. The van der Waals surface area contributed by atoms with Crippen LogP contribution in [0.15, 0.2) is 53.2 Å². The topological polar surface area (TPSA) is 43.9 Å². The molecule has 0 fully saturated rings. The number of aromatic nitrogens is 3. The summed E-state index contributed by atoms with van der Waals surface area (Å²) >= 11 is 0. The second-order valence-electron chi connectivity index (χ2n) is 5.87. The molecule has 0 unspecified atom stereocenters. The van der Waals surface area contributed by atoms with Crippen molar-refractivity contribution in [1.29, 1.82) is 0 Å². The number of aryl methyl sites for hydroxylation is 1. The minimum absolute atomic E-state index is 0.323. The number of halogens is 1. The van der Waals surface area contributed by atoms with E-state index in [1.807, 2.05) is 24.4 Å². The van der Waals surface area contributed by atoms with Crippen LogP contribution in [-0.4, -0.2) is 14.5 Å². The van der Waals surface area contributed by atoms with E-state index in [0.29, 0.717) is 17.0 Å². The van der Waals surface area contributed by atoms with Gasteiger partial charge < -0.3 is 8.98 Å². The van der Waals surface area contributed by atoms with Gasteiger partial charge in [0.05, 0.1) is 11.9 Å². The molecule has 0 aliphatic carbocycles. The molecule has 0 saturated heterocycles. The average molecular weight is 333 g/mol. The third-order valence-corrected chi connectivity index (χ3v) is 4.15. The number of hydrogen-bond acceptors (Lipinski definition) is 3. The number of rotatable bonds is 3. The molecule has 0 saturated carbocycles. The normalized spacial score (nSPS) is 11.6. The van der Waals surface area contributed by atoms with Crippen LogP contribution < -0.4 is 0 Å². The molecule has 4 nitrogen and oxygen atoms in total. The maximum atomic E-state index is 13.3. The third kappa shape index (κ3) is 2.85. The highest BCUT2D eigenvalue weighted by atomic mass is 19.1. The molecule has 5 heteroatoms. The summed E-state index contributed by atoms with van der Waals surface area (Å²) in [5.74, 6) is 0.128. The van der Waals surface area contributed by atoms with E-state index < -0.39 is 0 Å². The van der Waals surface area contributed by atoms with Gasteiger partial charge in [0.15, 0.2) is 5.58 Å². The van der Waals surface area contributed by atoms with Crippen LogP contribution in [0.4, 0.5) is 4.39 Å². The molecule has 1 aromatic carbocycles. The molecule has 25 heavy (non-hydrogen) atoms. The lowest BCUT2D eigenvalue weighted by Gasteiger charge is -2.08. The van der Waals surface area contributed by atoms with E-state index in [1.54, 1.807) is 18.3 Å². The number of nitrogens with zero attached hydrogens (tertiary/aromatic N) is 3. The van der Waals surface area contributed by atoms with Crippen LogP contribution in [0.25, 0.3) is 28.9 Å². The fourth-order valence-electron chi connectivity index (χ4n) is 2.99. The van der Waals surface area contributed by atoms with Gasteiger partial charge >= 0.3 is 0 Å². The van der Waals surface area contributed by atoms with Crippen LogP contribution in [0.1, 0.15) is 22.8 Å². The van der Waals surface area contributed by atoms with Gasteiger partial charge in [-0.3, -0.25) is 4.98 Å². The number of oxazole rings is 1. The summed E-state index contributed by atoms with van der Waals surface area (Å²) in [5, 5.41) is 0. The fraction of sp³-hybridized carbons (Fsp3) is 0.100. The Morgan fingerprint density at radius 2 is 2.00 bits per heavy atom. The van der Waals surface area contributed by atoms with Crippen molar-refractivity contribution in [2.75, 3.05) is 0 Å². The van der Waals surface area contributed by atoms with Gasteiger partial charge in [-0.2, -0.15) is 0 Å². The standard InChI is InChI=1S/C20H16FN3O/c1-13-10-15(14(2)24(13)17-4-3-9-22-12-17)5-8-20-23-18-11-16(21)6-7-19(18)25-20/h3-12H,1-2H3/b8-5+. The second kappa shape index (κ2) is 6.02. The Hall–Kier alpha value is -3.21. The number of pyridine rings is 1. The van der Waals surface area contributed by atoms with Crippen molar-refractivity contribution in [2.24, 2.45) is 0 Å². The molecule has 4 rings (SSSR count). The molecule has 3 aromatic heterocycles. The summed E-state index contributed by atoms with van der Waals surface area (Å²) in [5.41, 5.74) is 5.39. The van der Waals surface area contributed by atoms with Gasteiger partial charge in [-0.05, 0) is 55.8 Å². The highest BCUT2D eigenvalue weighted by Crippen LogP contribution is 2.23. The van der Waals surface area contributed by atoms with E-state index in [-0.39, 0.29) is 5.82 Å². The van der Waals surface area contributed by atoms with E-state index >= 15 is 0 Å². The van der Waals surface area contributed by atoms with Gasteiger partial charge in [-0.15, -0.1) is 0 Å². The minimum atomic E-state index is -0.323. The van der Waals surface area contributed by atoms with Crippen LogP contribution in [0.5, 0.6) is 0 Å². The van der Waals surface area contributed by atoms with Crippen LogP contribution in [0, 0.1) is 19.7 Å². The number of hydrogen-bond donors (Lipinski definition) is 0. The van der Waals surface area contributed by atoms with Crippen LogP contribution >= 0.6 is 0 Å². The van der Waals surface area contributed by atoms with Gasteiger partial charge in [-0.25, -0.2) is 9.37 Å². The van der Waals surface area contributed by atoms with Crippen molar-refractivity contribution >= 4 is 23.3 Å². The summed E-state index contributed by atoms with van der Waals surface area (Å²) in [6.07, 6.45) is 7.35. The zero-order valence-corrected chi connectivity index (χ0v) is 13.9. The molecule has 0 spiro atoms. The first kappa shape index (κ1) is 15.3. The average Bonchev–Trinajstić information content (AvgIpc) is 3.13. The van der Waals surface area contributed by atoms with Crippen LogP contribution in [-0.2, 0) is 0 Å². The quantitative estimate of drug-likeness (QED) is 0.533. The third-order valence-electron chi connectivity index (χ3n) is 4.15. The SMILES string of the molecule is Cc1cc(/C=C/c2nc3cc(F)ccc3o2)c(C)n1-c1cccnc1. The fourth-order valence-corrected chi connectivity index (χ4v) is 2.99. The summed E-state index contributed by atoms with van der Waals surface area (Å²) in [6, 6.07) is 10.4. The Bertz CT molecular complexity index is 1080. The Morgan fingerprint density at radius 3 is 2.80 bits per heavy atom. The molecule has 0 bridgehead atoms. The van der Waals surface area contributed by atoms with Crippen LogP contribution in [0.2, 0.25) is 0 Å². The molecule has 3 heterocycles. The minimum Gasteiger partial charge on any atom is -0.437 e. The van der Waals surface area contributed by atoms with Gasteiger partial charge in [0.1, 0.15) is 11.3 Å². The van der Waals surface area contributed by atoms with E-state index in [0.717, 1.165) is 22.6 Å². The first-order chi connectivity index (χ1) is 12.1. The summed E-state index contributed by atoms with van der Waals surface area (Å²) < 4.78 is 21.0. The highest BCUT2D eigenvalue weighted by Gasteiger charge is 2.09. The molecule has 0 aliphatic heterocycles. The first-order valence-corrected chi connectivity index (χ1v) is 7.95. The van der Waals surface area contributed by atoms with Gasteiger partial charge in [-0.1, -0.05) is 0 Å². The Kier molecular flexibility index (Phi) is 3.69. The van der Waals surface area contributed by atoms with E-state index in [2.05, 4.69) is 34.4 Å². The molecule has 0 radical (unpaired) electrons. The molecule has 0 atom stereocenters. The maximum absolute atomic E-state index is 13.3. The maximum Gasteiger partial charge on any atom is 0.220 e. The van der Waals surface area contributed by atoms with Crippen molar-refractivity contribution in [2.45, 2.75) is 13.8 Å². The zero-order chi connectivity index (χ0) is 17.4. The molecule has 124 valence electrons. The number of fused-ring (bicyclic) bond motifs is 1. The monoisotopic (exact) mass is 333 g/mol. The summed E-state index contributed by atoms with van der Waals surface area (Å²) in [6.45, 7) is 4.11. The lowest BCUT2D eigenvalue weighted by molar-refractivity contribution is 0.588. The van der Waals surface area contributed by atoms with Crippen molar-refractivity contribution in [3.63, 3.8) is 0 Å². The predicted octanol–water partition coefficient (Wildman–Crippen LogP) is 4.94. The molecule has 0 amide bonds. The highest BCUT2D eigenvalue weighted by molar-refractivity contribution is 5.76. The Morgan fingerprint density at radius 1 is 1.12 bits per heavy atom. The summed E-state index contributed by atoms with van der Waals surface area (Å²) in [7, 11) is 0. The molecular formula is C20H16FN3O. The van der Waals surface area contributed by atoms with Crippen molar-refractivity contribution in [3.8, 4) is 5.69 Å². The lowest BCUT2D eigenvalue weighted by atomic mass is 10.2. The predicted molar refractivity (Wildman–Crippen MR) is 95.9 cm³/mol. The van der Waals surface area contributed by atoms with Crippen molar-refractivity contribution in [3.05, 3.63) is 77.5 Å². The van der Waals surface area contributed by atoms with Crippen molar-refractivity contribution < 1.29 is 8.81 Å². The second-order valence-corrected chi connectivity index (χ2v) is 5.87. The molecular weight excluding hydrogens is 317 g/mol. The zero-order valence-electron chi connectivity index (χ0n) is 13.9. The van der Waals surface area contributed by atoms with Gasteiger partial charge in [0.25, 0.3) is 0 Å². The van der Waals surface area contributed by atoms with Gasteiger partial charge in [0.2, 0.25) is 5.89 Å². The Balaban J connectivity index is 1.69. The number of benzene rings is 1.